The van der Waals surface area contributed by atoms with Crippen molar-refractivity contribution in [1.82, 2.24) is 10.3 Å². The molecule has 0 fully saturated rings. The van der Waals surface area contributed by atoms with E-state index in [0.717, 1.165) is 19.8 Å². The van der Waals surface area contributed by atoms with Crippen LogP contribution in [0, 0.1) is 0 Å². The molecule has 2 N–H and O–H groups in total. The molecule has 1 heterocycles. The smallest absolute Gasteiger partial charge is 0.0616 e. The standard InChI is InChI=1S/C10H18N2O/c1-3-13-8-9(2)12-7-10-4-5-11-6-10/h4-6,9,11-12H,3,7-8H2,1-2H3. The third-order valence-corrected chi connectivity index (χ3v) is 1.89. The first-order valence-electron chi connectivity index (χ1n) is 4.75. The van der Waals surface area contributed by atoms with Crippen molar-refractivity contribution in [3.8, 4) is 0 Å². The summed E-state index contributed by atoms with van der Waals surface area (Å²) in [5.41, 5.74) is 1.28. The highest BCUT2D eigenvalue weighted by atomic mass is 16.5. The van der Waals surface area contributed by atoms with E-state index in [9.17, 15) is 0 Å². The van der Waals surface area contributed by atoms with Gasteiger partial charge in [-0.3, -0.25) is 0 Å². The summed E-state index contributed by atoms with van der Waals surface area (Å²) in [6, 6.07) is 2.48. The Morgan fingerprint density at radius 3 is 3.08 bits per heavy atom. The van der Waals surface area contributed by atoms with Gasteiger partial charge in [0.1, 0.15) is 0 Å². The largest absolute Gasteiger partial charge is 0.380 e. The summed E-state index contributed by atoms with van der Waals surface area (Å²) in [7, 11) is 0. The van der Waals surface area contributed by atoms with Crippen molar-refractivity contribution in [2.75, 3.05) is 13.2 Å². The number of hydrogen-bond donors (Lipinski definition) is 2. The molecule has 0 bridgehead atoms. The molecule has 0 aliphatic heterocycles. The molecule has 1 atom stereocenters. The molecular formula is C10H18N2O. The molecule has 3 heteroatoms. The molecule has 0 amide bonds. The van der Waals surface area contributed by atoms with E-state index in [1.165, 1.54) is 5.56 Å². The van der Waals surface area contributed by atoms with Crippen molar-refractivity contribution >= 4 is 0 Å². The Morgan fingerprint density at radius 2 is 2.46 bits per heavy atom. The Balaban J connectivity index is 2.11. The zero-order valence-corrected chi connectivity index (χ0v) is 8.34. The fraction of sp³-hybridized carbons (Fsp3) is 0.600. The highest BCUT2D eigenvalue weighted by Gasteiger charge is 2.00. The number of ether oxygens (including phenoxy) is 1. The minimum absolute atomic E-state index is 0.412. The summed E-state index contributed by atoms with van der Waals surface area (Å²) in [4.78, 5) is 3.03. The maximum absolute atomic E-state index is 5.29. The molecule has 0 radical (unpaired) electrons. The van der Waals surface area contributed by atoms with E-state index in [2.05, 4.69) is 23.3 Å². The quantitative estimate of drug-likeness (QED) is 0.700. The Labute approximate surface area is 79.5 Å². The van der Waals surface area contributed by atoms with Crippen molar-refractivity contribution in [2.45, 2.75) is 26.4 Å². The first-order valence-corrected chi connectivity index (χ1v) is 4.75. The molecule has 1 rings (SSSR count). The topological polar surface area (TPSA) is 37.0 Å². The Morgan fingerprint density at radius 1 is 1.62 bits per heavy atom. The predicted molar refractivity (Wildman–Crippen MR) is 53.6 cm³/mol. The average Bonchev–Trinajstić information content (AvgIpc) is 2.64. The van der Waals surface area contributed by atoms with Gasteiger partial charge in [-0.2, -0.15) is 0 Å². The van der Waals surface area contributed by atoms with Crippen LogP contribution in [0.25, 0.3) is 0 Å². The minimum Gasteiger partial charge on any atom is -0.380 e. The summed E-state index contributed by atoms with van der Waals surface area (Å²) in [5, 5.41) is 3.37. The molecule has 74 valence electrons. The van der Waals surface area contributed by atoms with Gasteiger partial charge in [-0.05, 0) is 25.5 Å². The molecule has 0 spiro atoms. The third-order valence-electron chi connectivity index (χ3n) is 1.89. The van der Waals surface area contributed by atoms with Gasteiger partial charge in [-0.25, -0.2) is 0 Å². The van der Waals surface area contributed by atoms with E-state index < -0.39 is 0 Å². The van der Waals surface area contributed by atoms with E-state index in [1.54, 1.807) is 0 Å². The highest BCUT2D eigenvalue weighted by Crippen LogP contribution is 1.96. The minimum atomic E-state index is 0.412. The van der Waals surface area contributed by atoms with E-state index in [-0.39, 0.29) is 0 Å². The second-order valence-electron chi connectivity index (χ2n) is 3.16. The number of rotatable bonds is 6. The fourth-order valence-electron chi connectivity index (χ4n) is 1.11. The van der Waals surface area contributed by atoms with Crippen molar-refractivity contribution < 1.29 is 4.74 Å². The van der Waals surface area contributed by atoms with Crippen molar-refractivity contribution in [3.63, 3.8) is 0 Å². The van der Waals surface area contributed by atoms with Crippen LogP contribution in [0.1, 0.15) is 19.4 Å². The van der Waals surface area contributed by atoms with E-state index in [0.29, 0.717) is 6.04 Å². The van der Waals surface area contributed by atoms with Gasteiger partial charge < -0.3 is 15.0 Å². The van der Waals surface area contributed by atoms with Crippen LogP contribution in [0.3, 0.4) is 0 Å². The molecule has 1 unspecified atom stereocenters. The third kappa shape index (κ3) is 4.10. The van der Waals surface area contributed by atoms with Gasteiger partial charge in [0.25, 0.3) is 0 Å². The summed E-state index contributed by atoms with van der Waals surface area (Å²) in [5.74, 6) is 0. The van der Waals surface area contributed by atoms with Crippen LogP contribution >= 0.6 is 0 Å². The van der Waals surface area contributed by atoms with Crippen molar-refractivity contribution in [1.29, 1.82) is 0 Å². The zero-order valence-electron chi connectivity index (χ0n) is 8.34. The molecule has 13 heavy (non-hydrogen) atoms. The van der Waals surface area contributed by atoms with E-state index >= 15 is 0 Å². The van der Waals surface area contributed by atoms with E-state index in [1.807, 2.05) is 19.3 Å². The Hall–Kier alpha value is -0.800. The first-order chi connectivity index (χ1) is 6.33. The van der Waals surface area contributed by atoms with Crippen LogP contribution in [0.5, 0.6) is 0 Å². The number of aromatic amines is 1. The maximum atomic E-state index is 5.29. The molecule has 0 saturated heterocycles. The van der Waals surface area contributed by atoms with Gasteiger partial charge in [0.2, 0.25) is 0 Å². The second kappa shape index (κ2) is 5.78. The van der Waals surface area contributed by atoms with Crippen molar-refractivity contribution in [3.05, 3.63) is 24.0 Å². The number of nitrogens with one attached hydrogen (secondary N) is 2. The van der Waals surface area contributed by atoms with E-state index in [4.69, 9.17) is 4.74 Å². The summed E-state index contributed by atoms with van der Waals surface area (Å²) < 4.78 is 5.29. The van der Waals surface area contributed by atoms with Crippen LogP contribution in [-0.4, -0.2) is 24.2 Å². The van der Waals surface area contributed by atoms with Gasteiger partial charge >= 0.3 is 0 Å². The van der Waals surface area contributed by atoms with Gasteiger partial charge in [-0.1, -0.05) is 0 Å². The summed E-state index contributed by atoms with van der Waals surface area (Å²) in [6.07, 6.45) is 3.94. The molecule has 1 aromatic heterocycles. The molecule has 0 aromatic carbocycles. The van der Waals surface area contributed by atoms with Gasteiger partial charge in [0, 0.05) is 31.6 Å². The molecule has 0 aliphatic carbocycles. The maximum Gasteiger partial charge on any atom is 0.0616 e. The molecule has 0 aliphatic rings. The molecule has 1 aromatic rings. The van der Waals surface area contributed by atoms with Gasteiger partial charge in [0.15, 0.2) is 0 Å². The summed E-state index contributed by atoms with van der Waals surface area (Å²) in [6.45, 7) is 6.61. The van der Waals surface area contributed by atoms with Crippen LogP contribution in [0.15, 0.2) is 18.5 Å². The first kappa shape index (κ1) is 10.3. The lowest BCUT2D eigenvalue weighted by Crippen LogP contribution is -2.29. The lowest BCUT2D eigenvalue weighted by Gasteiger charge is -2.12. The number of H-pyrrole nitrogens is 1. The molecule has 3 nitrogen and oxygen atoms in total. The van der Waals surface area contributed by atoms with Crippen LogP contribution < -0.4 is 5.32 Å². The predicted octanol–water partition coefficient (Wildman–Crippen LogP) is 1.53. The molecule has 0 saturated carbocycles. The summed E-state index contributed by atoms with van der Waals surface area (Å²) >= 11 is 0. The SMILES string of the molecule is CCOCC(C)NCc1cc[nH]c1. The number of aromatic nitrogens is 1. The monoisotopic (exact) mass is 182 g/mol. The fourth-order valence-corrected chi connectivity index (χ4v) is 1.11. The zero-order chi connectivity index (χ0) is 9.52. The van der Waals surface area contributed by atoms with Crippen LogP contribution in [0.4, 0.5) is 0 Å². The lowest BCUT2D eigenvalue weighted by molar-refractivity contribution is 0.127. The van der Waals surface area contributed by atoms with Gasteiger partial charge in [0.05, 0.1) is 6.61 Å². The molecular weight excluding hydrogens is 164 g/mol. The van der Waals surface area contributed by atoms with Gasteiger partial charge in [-0.15, -0.1) is 0 Å². The normalized spacial score (nSPS) is 13.1. The number of hydrogen-bond acceptors (Lipinski definition) is 2. The lowest BCUT2D eigenvalue weighted by atomic mass is 10.3. The van der Waals surface area contributed by atoms with Crippen molar-refractivity contribution in [2.24, 2.45) is 0 Å². The van der Waals surface area contributed by atoms with Crippen LogP contribution in [0.2, 0.25) is 0 Å². The Bertz CT molecular complexity index is 209. The van der Waals surface area contributed by atoms with Crippen LogP contribution in [-0.2, 0) is 11.3 Å². The highest BCUT2D eigenvalue weighted by molar-refractivity contribution is 5.07. The Kier molecular flexibility index (Phi) is 4.57. The second-order valence-corrected chi connectivity index (χ2v) is 3.16. The average molecular weight is 182 g/mol.